The Labute approximate surface area is 212 Å². The third-order valence-electron chi connectivity index (χ3n) is 7.35. The third-order valence-corrected chi connectivity index (χ3v) is 7.72. The number of aromatic amines is 1. The predicted octanol–water partition coefficient (Wildman–Crippen LogP) is 3.83. The number of hydrogen-bond acceptors (Lipinski definition) is 6. The first-order valence-corrected chi connectivity index (χ1v) is 13.8. The summed E-state index contributed by atoms with van der Waals surface area (Å²) in [5.74, 6) is -0.208. The van der Waals surface area contributed by atoms with Crippen LogP contribution in [0.25, 0.3) is 0 Å². The monoisotopic (exact) mass is 516 g/mol. The highest BCUT2D eigenvalue weighted by Gasteiger charge is 2.27. The molecule has 1 aliphatic heterocycles. The van der Waals surface area contributed by atoms with Crippen LogP contribution in [0.15, 0.2) is 16.9 Å². The fraction of sp³-hybridized carbons (Fsp3) is 0.538. The third kappa shape index (κ3) is 5.64. The maximum atomic E-state index is 13.4. The number of H-pyrrole nitrogens is 1. The van der Waals surface area contributed by atoms with E-state index in [4.69, 9.17) is 9.26 Å². The SMILES string of the molecule is CCN(c1cc(O[P+](=O)O)cc(C(=O)NCc2c3c(c(C)[nH]c2=O)CCCC3)c1C)C1CCOCC1. The van der Waals surface area contributed by atoms with Crippen LogP contribution < -0.4 is 20.3 Å². The van der Waals surface area contributed by atoms with E-state index in [1.807, 2.05) is 20.8 Å². The van der Waals surface area contributed by atoms with Crippen molar-refractivity contribution in [1.82, 2.24) is 10.3 Å². The largest absolute Gasteiger partial charge is 0.747 e. The average Bonchev–Trinajstić information content (AvgIpc) is 2.86. The molecule has 36 heavy (non-hydrogen) atoms. The molecule has 1 aromatic heterocycles. The first-order valence-electron chi connectivity index (χ1n) is 12.6. The van der Waals surface area contributed by atoms with E-state index in [1.54, 1.807) is 6.07 Å². The number of ether oxygens (including phenoxy) is 1. The number of carbonyl (C=O) groups excluding carboxylic acids is 1. The zero-order chi connectivity index (χ0) is 25.8. The van der Waals surface area contributed by atoms with Gasteiger partial charge in [0.15, 0.2) is 5.75 Å². The lowest BCUT2D eigenvalue weighted by Gasteiger charge is -2.36. The van der Waals surface area contributed by atoms with Gasteiger partial charge < -0.3 is 19.9 Å². The maximum absolute atomic E-state index is 13.4. The summed E-state index contributed by atoms with van der Waals surface area (Å²) in [6.07, 6.45) is 5.59. The van der Waals surface area contributed by atoms with Crippen molar-refractivity contribution in [2.24, 2.45) is 0 Å². The molecular weight excluding hydrogens is 481 g/mol. The molecule has 9 nitrogen and oxygen atoms in total. The average molecular weight is 517 g/mol. The van der Waals surface area contributed by atoms with E-state index >= 15 is 0 Å². The quantitative estimate of drug-likeness (QED) is 0.456. The van der Waals surface area contributed by atoms with Crippen LogP contribution in [-0.2, 0) is 28.7 Å². The van der Waals surface area contributed by atoms with E-state index in [0.29, 0.717) is 30.9 Å². The second kappa shape index (κ2) is 11.5. The van der Waals surface area contributed by atoms with Crippen LogP contribution in [0.4, 0.5) is 5.69 Å². The lowest BCUT2D eigenvalue weighted by molar-refractivity contribution is 0.0845. The van der Waals surface area contributed by atoms with Gasteiger partial charge in [0, 0.05) is 65.5 Å². The minimum atomic E-state index is -2.89. The minimum absolute atomic E-state index is 0.113. The van der Waals surface area contributed by atoms with Gasteiger partial charge in [-0.15, -0.1) is 4.89 Å². The molecule has 1 fully saturated rings. The number of hydrogen-bond donors (Lipinski definition) is 3. The number of fused-ring (bicyclic) bond motifs is 1. The molecule has 1 amide bonds. The first-order chi connectivity index (χ1) is 17.3. The number of carbonyl (C=O) groups is 1. The molecule has 2 heterocycles. The van der Waals surface area contributed by atoms with Crippen LogP contribution >= 0.6 is 8.25 Å². The second-order valence-electron chi connectivity index (χ2n) is 9.48. The number of pyridine rings is 1. The van der Waals surface area contributed by atoms with Crippen molar-refractivity contribution in [3.63, 3.8) is 0 Å². The molecule has 4 rings (SSSR count). The van der Waals surface area contributed by atoms with Gasteiger partial charge in [-0.25, -0.2) is 4.52 Å². The number of amides is 1. The lowest BCUT2D eigenvalue weighted by atomic mass is 9.88. The Morgan fingerprint density at radius 1 is 1.22 bits per heavy atom. The van der Waals surface area contributed by atoms with Gasteiger partial charge in [-0.3, -0.25) is 9.59 Å². The Hall–Kier alpha value is -2.74. The van der Waals surface area contributed by atoms with Gasteiger partial charge in [-0.2, -0.15) is 0 Å². The molecule has 1 saturated heterocycles. The number of nitrogens with one attached hydrogen (secondary N) is 2. The maximum Gasteiger partial charge on any atom is 0.747 e. The minimum Gasteiger partial charge on any atom is -0.381 e. The van der Waals surface area contributed by atoms with E-state index in [1.165, 1.54) is 11.6 Å². The molecule has 194 valence electrons. The standard InChI is InChI=1S/C26H34N3O6P/c1-4-29(18-9-11-34-12-10-18)24-14-19(35-36(32)33)13-22(16(24)2)25(30)27-15-23-21-8-6-5-7-20(21)17(3)28-26(23)31/h13-14,18H,4-12,15H2,1-3H3,(H2-,27,28,30,31,32,33)/p+1. The number of nitrogens with zero attached hydrogens (tertiary/aromatic N) is 1. The zero-order valence-corrected chi connectivity index (χ0v) is 22.1. The Morgan fingerprint density at radius 3 is 2.58 bits per heavy atom. The molecule has 0 spiro atoms. The van der Waals surface area contributed by atoms with Crippen molar-refractivity contribution >= 4 is 19.8 Å². The van der Waals surface area contributed by atoms with E-state index in [-0.39, 0.29) is 29.8 Å². The van der Waals surface area contributed by atoms with Gasteiger partial charge in [0.25, 0.3) is 11.5 Å². The fourth-order valence-electron chi connectivity index (χ4n) is 5.53. The molecule has 0 saturated carbocycles. The van der Waals surface area contributed by atoms with E-state index in [0.717, 1.165) is 61.0 Å². The van der Waals surface area contributed by atoms with E-state index in [9.17, 15) is 19.0 Å². The highest BCUT2D eigenvalue weighted by atomic mass is 31.1. The Bertz CT molecular complexity index is 1210. The highest BCUT2D eigenvalue weighted by Crippen LogP contribution is 2.35. The number of aryl methyl sites for hydroxylation is 1. The second-order valence-corrected chi connectivity index (χ2v) is 10.1. The van der Waals surface area contributed by atoms with Crippen molar-refractivity contribution < 1.29 is 23.5 Å². The topological polar surface area (TPSA) is 121 Å². The summed E-state index contributed by atoms with van der Waals surface area (Å²) in [5, 5.41) is 2.92. The van der Waals surface area contributed by atoms with Crippen LogP contribution in [0.5, 0.6) is 5.75 Å². The molecule has 2 aromatic rings. The molecule has 0 radical (unpaired) electrons. The number of anilines is 1. The van der Waals surface area contributed by atoms with Crippen LogP contribution in [-0.4, -0.2) is 41.6 Å². The summed E-state index contributed by atoms with van der Waals surface area (Å²) in [6.45, 7) is 7.99. The molecular formula is C26H35N3O6P+. The number of benzene rings is 1. The van der Waals surface area contributed by atoms with Crippen molar-refractivity contribution in [3.05, 3.63) is 56.0 Å². The van der Waals surface area contributed by atoms with Crippen molar-refractivity contribution in [2.45, 2.75) is 71.9 Å². The Kier molecular flexibility index (Phi) is 8.44. The summed E-state index contributed by atoms with van der Waals surface area (Å²) >= 11 is 0. The van der Waals surface area contributed by atoms with Gasteiger partial charge in [0.05, 0.1) is 0 Å². The Balaban J connectivity index is 1.65. The molecule has 3 N–H and O–H groups in total. The van der Waals surface area contributed by atoms with E-state index in [2.05, 4.69) is 15.2 Å². The van der Waals surface area contributed by atoms with Crippen molar-refractivity contribution in [3.8, 4) is 5.75 Å². The predicted molar refractivity (Wildman–Crippen MR) is 138 cm³/mol. The fourth-order valence-corrected chi connectivity index (χ4v) is 5.82. The van der Waals surface area contributed by atoms with Gasteiger partial charge in [0.2, 0.25) is 0 Å². The lowest BCUT2D eigenvalue weighted by Crippen LogP contribution is -2.40. The van der Waals surface area contributed by atoms with Gasteiger partial charge in [0.1, 0.15) is 0 Å². The highest BCUT2D eigenvalue weighted by molar-refractivity contribution is 7.32. The molecule has 1 atom stereocenters. The zero-order valence-electron chi connectivity index (χ0n) is 21.2. The van der Waals surface area contributed by atoms with Crippen LogP contribution in [0.2, 0.25) is 0 Å². The molecule has 1 aromatic carbocycles. The van der Waals surface area contributed by atoms with E-state index < -0.39 is 8.25 Å². The smallest absolute Gasteiger partial charge is 0.381 e. The molecule has 10 heteroatoms. The summed E-state index contributed by atoms with van der Waals surface area (Å²) in [7, 11) is -2.89. The van der Waals surface area contributed by atoms with Crippen LogP contribution in [0.1, 0.15) is 70.9 Å². The summed E-state index contributed by atoms with van der Waals surface area (Å²) < 4.78 is 22.1. The van der Waals surface area contributed by atoms with Gasteiger partial charge in [-0.05, 0) is 82.1 Å². The number of rotatable bonds is 8. The molecule has 0 bridgehead atoms. The Morgan fingerprint density at radius 2 is 1.92 bits per heavy atom. The molecule has 1 unspecified atom stereocenters. The van der Waals surface area contributed by atoms with Crippen LogP contribution in [0.3, 0.4) is 0 Å². The van der Waals surface area contributed by atoms with Gasteiger partial charge >= 0.3 is 8.25 Å². The summed E-state index contributed by atoms with van der Waals surface area (Å²) in [5.41, 5.74) is 5.45. The number of aromatic nitrogens is 1. The van der Waals surface area contributed by atoms with Crippen molar-refractivity contribution in [1.29, 1.82) is 0 Å². The summed E-state index contributed by atoms with van der Waals surface area (Å²) in [4.78, 5) is 40.7. The van der Waals surface area contributed by atoms with Gasteiger partial charge in [-0.1, -0.05) is 0 Å². The summed E-state index contributed by atoms with van der Waals surface area (Å²) in [6, 6.07) is 3.44. The molecule has 2 aliphatic rings. The normalized spacial score (nSPS) is 16.3. The van der Waals surface area contributed by atoms with Crippen molar-refractivity contribution in [2.75, 3.05) is 24.7 Å². The molecule has 1 aliphatic carbocycles. The van der Waals surface area contributed by atoms with Crippen LogP contribution in [0, 0.1) is 13.8 Å². The first kappa shape index (κ1) is 26.3.